The van der Waals surface area contributed by atoms with E-state index in [0.29, 0.717) is 0 Å². The number of hydrogen-bond acceptors (Lipinski definition) is 7. The van der Waals surface area contributed by atoms with E-state index in [2.05, 4.69) is 6.92 Å². The van der Waals surface area contributed by atoms with E-state index in [9.17, 15) is 15.3 Å². The van der Waals surface area contributed by atoms with Gasteiger partial charge in [0.15, 0.2) is 0 Å². The van der Waals surface area contributed by atoms with Gasteiger partial charge in [-0.15, -0.1) is 0 Å². The molecule has 0 aliphatic rings. The largest absolute Gasteiger partial charge is 0.394 e. The van der Waals surface area contributed by atoms with Crippen molar-refractivity contribution in [1.29, 1.82) is 0 Å². The second-order valence-corrected chi connectivity index (χ2v) is 3.67. The van der Waals surface area contributed by atoms with Gasteiger partial charge in [-0.2, -0.15) is 0 Å². The summed E-state index contributed by atoms with van der Waals surface area (Å²) in [6.07, 6.45) is -9.73. The van der Waals surface area contributed by atoms with E-state index in [-0.39, 0.29) is 0 Å². The molecule has 0 heterocycles. The first-order valence-corrected chi connectivity index (χ1v) is 4.83. The van der Waals surface area contributed by atoms with E-state index >= 15 is 0 Å². The van der Waals surface area contributed by atoms with Crippen LogP contribution in [0, 0.1) is 6.92 Å². The minimum atomic E-state index is -1.70. The highest BCUT2D eigenvalue weighted by molar-refractivity contribution is 4.84. The minimum absolute atomic E-state index is 0.452. The lowest BCUT2D eigenvalue weighted by Gasteiger charge is -2.27. The van der Waals surface area contributed by atoms with E-state index in [0.717, 1.165) is 0 Å². The third-order valence-electron chi connectivity index (χ3n) is 2.25. The Morgan fingerprint density at radius 3 is 1.62 bits per heavy atom. The zero-order valence-electron chi connectivity index (χ0n) is 8.72. The average Bonchev–Trinajstić information content (AvgIpc) is 2.25. The van der Waals surface area contributed by atoms with Crippen molar-refractivity contribution in [2.45, 2.75) is 43.0 Å². The Bertz CT molecular complexity index is 187. The molecule has 0 amide bonds. The molecule has 7 N–H and O–H groups in total. The Labute approximate surface area is 93.2 Å². The maximum atomic E-state index is 9.35. The zero-order valence-corrected chi connectivity index (χ0v) is 8.72. The fraction of sp³-hybridized carbons (Fsp3) is 0.889. The molecule has 0 aliphatic heterocycles. The van der Waals surface area contributed by atoms with Gasteiger partial charge in [0, 0.05) is 6.42 Å². The van der Waals surface area contributed by atoms with Crippen LogP contribution in [-0.4, -0.2) is 79.0 Å². The first-order chi connectivity index (χ1) is 7.31. The Kier molecular flexibility index (Phi) is 7.00. The van der Waals surface area contributed by atoms with Crippen LogP contribution in [0.15, 0.2) is 0 Å². The molecular weight excluding hydrogens is 220 g/mol. The molecular formula is C9H19O7. The first-order valence-electron chi connectivity index (χ1n) is 4.83. The third kappa shape index (κ3) is 4.71. The molecule has 7 heteroatoms. The summed E-state index contributed by atoms with van der Waals surface area (Å²) in [5, 5.41) is 63.4. The van der Waals surface area contributed by atoms with Gasteiger partial charge in [-0.25, -0.2) is 0 Å². The summed E-state index contributed by atoms with van der Waals surface area (Å²) in [5.74, 6) is 0. The molecule has 0 aliphatic carbocycles. The number of rotatable bonds is 7. The van der Waals surface area contributed by atoms with Crippen molar-refractivity contribution < 1.29 is 35.7 Å². The summed E-state index contributed by atoms with van der Waals surface area (Å²) >= 11 is 0. The monoisotopic (exact) mass is 239 g/mol. The highest BCUT2D eigenvalue weighted by Gasteiger charge is 2.31. The van der Waals surface area contributed by atoms with E-state index in [4.69, 9.17) is 20.4 Å². The van der Waals surface area contributed by atoms with Crippen LogP contribution in [0.3, 0.4) is 0 Å². The van der Waals surface area contributed by atoms with Crippen molar-refractivity contribution in [3.05, 3.63) is 6.92 Å². The van der Waals surface area contributed by atoms with Gasteiger partial charge in [0.1, 0.15) is 18.3 Å². The van der Waals surface area contributed by atoms with Crippen molar-refractivity contribution in [2.75, 3.05) is 6.61 Å². The summed E-state index contributed by atoms with van der Waals surface area (Å²) in [4.78, 5) is 0. The van der Waals surface area contributed by atoms with Gasteiger partial charge in [0.25, 0.3) is 0 Å². The van der Waals surface area contributed by atoms with Crippen molar-refractivity contribution in [3.8, 4) is 0 Å². The molecule has 97 valence electrons. The molecule has 0 spiro atoms. The number of hydrogen-bond donors (Lipinski definition) is 7. The Balaban J connectivity index is 4.19. The van der Waals surface area contributed by atoms with E-state index in [1.165, 1.54) is 0 Å². The van der Waals surface area contributed by atoms with Crippen LogP contribution >= 0.6 is 0 Å². The molecule has 16 heavy (non-hydrogen) atoms. The van der Waals surface area contributed by atoms with Gasteiger partial charge in [-0.05, 0) is 6.92 Å². The maximum absolute atomic E-state index is 9.35. The van der Waals surface area contributed by atoms with Crippen LogP contribution in [0.1, 0.15) is 6.42 Å². The van der Waals surface area contributed by atoms with E-state index in [1.807, 2.05) is 0 Å². The van der Waals surface area contributed by atoms with Gasteiger partial charge in [0.2, 0.25) is 0 Å². The van der Waals surface area contributed by atoms with Gasteiger partial charge >= 0.3 is 0 Å². The molecule has 0 saturated carbocycles. The highest BCUT2D eigenvalue weighted by Crippen LogP contribution is 2.11. The summed E-state index contributed by atoms with van der Waals surface area (Å²) < 4.78 is 0. The number of aliphatic hydroxyl groups is 7. The Hall–Kier alpha value is -0.280. The standard InChI is InChI=1S/C9H19O7/c1-4(11)8(15)9(16)6(13)2-5(12)7(14)3-10/h4-16H,1-3H2. The summed E-state index contributed by atoms with van der Waals surface area (Å²) in [5.41, 5.74) is 0. The van der Waals surface area contributed by atoms with Crippen LogP contribution in [0.4, 0.5) is 0 Å². The molecule has 0 bridgehead atoms. The molecule has 0 fully saturated rings. The minimum Gasteiger partial charge on any atom is -0.394 e. The molecule has 7 nitrogen and oxygen atoms in total. The van der Waals surface area contributed by atoms with Gasteiger partial charge in [0.05, 0.1) is 24.9 Å². The quantitative estimate of drug-likeness (QED) is 0.243. The van der Waals surface area contributed by atoms with Crippen molar-refractivity contribution in [2.24, 2.45) is 0 Å². The topological polar surface area (TPSA) is 142 Å². The van der Waals surface area contributed by atoms with Crippen LogP contribution in [0.5, 0.6) is 0 Å². The fourth-order valence-electron chi connectivity index (χ4n) is 1.12. The van der Waals surface area contributed by atoms with E-state index < -0.39 is 49.7 Å². The van der Waals surface area contributed by atoms with Crippen LogP contribution < -0.4 is 0 Å². The van der Waals surface area contributed by atoms with Crippen LogP contribution in [-0.2, 0) is 0 Å². The maximum Gasteiger partial charge on any atom is 0.108 e. The summed E-state index contributed by atoms with van der Waals surface area (Å²) in [7, 11) is 0. The van der Waals surface area contributed by atoms with Crippen molar-refractivity contribution in [3.63, 3.8) is 0 Å². The van der Waals surface area contributed by atoms with E-state index in [1.54, 1.807) is 0 Å². The fourth-order valence-corrected chi connectivity index (χ4v) is 1.12. The first kappa shape index (κ1) is 15.7. The summed E-state index contributed by atoms with van der Waals surface area (Å²) in [6.45, 7) is 2.36. The third-order valence-corrected chi connectivity index (χ3v) is 2.25. The molecule has 1 radical (unpaired) electrons. The second-order valence-electron chi connectivity index (χ2n) is 3.67. The molecule has 0 aromatic carbocycles. The molecule has 0 aromatic heterocycles. The molecule has 0 saturated heterocycles. The predicted octanol–water partition coefficient (Wildman–Crippen LogP) is -3.63. The predicted molar refractivity (Wildman–Crippen MR) is 53.1 cm³/mol. The van der Waals surface area contributed by atoms with Crippen molar-refractivity contribution >= 4 is 0 Å². The molecule has 6 unspecified atom stereocenters. The van der Waals surface area contributed by atoms with Gasteiger partial charge in [-0.1, -0.05) is 0 Å². The normalized spacial score (nSPS) is 23.2. The van der Waals surface area contributed by atoms with Crippen LogP contribution in [0.2, 0.25) is 0 Å². The molecule has 0 rings (SSSR count). The molecule has 6 atom stereocenters. The SMILES string of the molecule is [CH2]C(O)C(O)C(O)C(O)CC(O)C(O)CO. The van der Waals surface area contributed by atoms with Gasteiger partial charge in [-0.3, -0.25) is 0 Å². The highest BCUT2D eigenvalue weighted by atomic mass is 16.4. The lowest BCUT2D eigenvalue weighted by atomic mass is 9.97. The Morgan fingerprint density at radius 1 is 0.750 bits per heavy atom. The lowest BCUT2D eigenvalue weighted by Crippen LogP contribution is -2.46. The van der Waals surface area contributed by atoms with Crippen LogP contribution in [0.25, 0.3) is 0 Å². The zero-order chi connectivity index (χ0) is 12.9. The molecule has 0 aromatic rings. The smallest absolute Gasteiger partial charge is 0.108 e. The number of aliphatic hydroxyl groups excluding tert-OH is 7. The van der Waals surface area contributed by atoms with Crippen molar-refractivity contribution in [1.82, 2.24) is 0 Å². The Morgan fingerprint density at radius 2 is 1.25 bits per heavy atom. The summed E-state index contributed by atoms with van der Waals surface area (Å²) in [6, 6.07) is 0. The average molecular weight is 239 g/mol. The van der Waals surface area contributed by atoms with Gasteiger partial charge < -0.3 is 35.7 Å². The lowest BCUT2D eigenvalue weighted by molar-refractivity contribution is -0.113. The second kappa shape index (κ2) is 7.13.